The monoisotopic (exact) mass is 295 g/mol. The zero-order valence-electron chi connectivity index (χ0n) is 12.3. The average Bonchev–Trinajstić information content (AvgIpc) is 2.80. The Morgan fingerprint density at radius 3 is 2.55 bits per heavy atom. The summed E-state index contributed by atoms with van der Waals surface area (Å²) in [6.45, 7) is 0.0103. The molecule has 2 aromatic carbocycles. The molecule has 3 rings (SSSR count). The van der Waals surface area contributed by atoms with Gasteiger partial charge >= 0.3 is 0 Å². The maximum absolute atomic E-state index is 12.4. The standard InChI is InChI=1S/C17H17N3O2/c1-19-16-13(11-21)8-5-9-14(16)20(17(19)18)10-15(22)12-6-3-2-4-7-12/h2-9,18,21H,10-11H2,1H3. The molecule has 0 saturated heterocycles. The Bertz CT molecular complexity index is 891. The number of carbonyl (C=O) groups is 1. The molecule has 5 nitrogen and oxygen atoms in total. The Morgan fingerprint density at radius 2 is 1.86 bits per heavy atom. The van der Waals surface area contributed by atoms with E-state index < -0.39 is 0 Å². The van der Waals surface area contributed by atoms with Crippen molar-refractivity contribution in [3.8, 4) is 0 Å². The number of hydrogen-bond acceptors (Lipinski definition) is 3. The summed E-state index contributed by atoms with van der Waals surface area (Å²) >= 11 is 0. The first-order valence-corrected chi connectivity index (χ1v) is 7.04. The largest absolute Gasteiger partial charge is 0.392 e. The molecule has 0 atom stereocenters. The number of rotatable bonds is 4. The van der Waals surface area contributed by atoms with Crippen LogP contribution in [0.25, 0.3) is 11.0 Å². The van der Waals surface area contributed by atoms with Gasteiger partial charge in [0.05, 0.1) is 24.2 Å². The van der Waals surface area contributed by atoms with E-state index in [4.69, 9.17) is 5.41 Å². The maximum Gasteiger partial charge on any atom is 0.203 e. The van der Waals surface area contributed by atoms with Crippen molar-refractivity contribution in [1.29, 1.82) is 5.41 Å². The van der Waals surface area contributed by atoms with Crippen LogP contribution < -0.4 is 5.62 Å². The van der Waals surface area contributed by atoms with Crippen LogP contribution in [0.15, 0.2) is 48.5 Å². The van der Waals surface area contributed by atoms with Crippen LogP contribution >= 0.6 is 0 Å². The number of aromatic nitrogens is 2. The number of Topliss-reactive ketones (excluding diaryl/α,β-unsaturated/α-hetero) is 1. The third-order valence-corrected chi connectivity index (χ3v) is 3.87. The van der Waals surface area contributed by atoms with Crippen molar-refractivity contribution in [2.75, 3.05) is 0 Å². The third kappa shape index (κ3) is 2.25. The minimum absolute atomic E-state index is 0.0407. The van der Waals surface area contributed by atoms with Crippen LogP contribution in [0.1, 0.15) is 15.9 Å². The lowest BCUT2D eigenvalue weighted by molar-refractivity contribution is 0.0971. The predicted molar refractivity (Wildman–Crippen MR) is 83.5 cm³/mol. The van der Waals surface area contributed by atoms with E-state index in [-0.39, 0.29) is 24.6 Å². The number of imidazole rings is 1. The Balaban J connectivity index is 2.11. The van der Waals surface area contributed by atoms with Crippen LogP contribution in [0.3, 0.4) is 0 Å². The van der Waals surface area contributed by atoms with Gasteiger partial charge < -0.3 is 14.2 Å². The number of ketones is 1. The highest BCUT2D eigenvalue weighted by molar-refractivity contribution is 5.96. The van der Waals surface area contributed by atoms with Gasteiger partial charge in [0, 0.05) is 18.2 Å². The number of para-hydroxylation sites is 1. The Morgan fingerprint density at radius 1 is 1.14 bits per heavy atom. The molecule has 2 N–H and O–H groups in total. The van der Waals surface area contributed by atoms with Crippen LogP contribution in [0.4, 0.5) is 0 Å². The number of nitrogens with zero attached hydrogens (tertiary/aromatic N) is 2. The predicted octanol–water partition coefficient (Wildman–Crippen LogP) is 1.83. The first kappa shape index (κ1) is 14.3. The molecule has 0 aliphatic rings. The summed E-state index contributed by atoms with van der Waals surface area (Å²) in [7, 11) is 1.77. The molecule has 3 aromatic rings. The summed E-state index contributed by atoms with van der Waals surface area (Å²) in [5.74, 6) is -0.0407. The van der Waals surface area contributed by atoms with Crippen molar-refractivity contribution in [3.63, 3.8) is 0 Å². The first-order valence-electron chi connectivity index (χ1n) is 7.04. The lowest BCUT2D eigenvalue weighted by Gasteiger charge is -2.05. The fourth-order valence-corrected chi connectivity index (χ4v) is 2.73. The summed E-state index contributed by atoms with van der Waals surface area (Å²) in [5, 5.41) is 17.7. The van der Waals surface area contributed by atoms with Gasteiger partial charge in [-0.15, -0.1) is 0 Å². The fraction of sp³-hybridized carbons (Fsp3) is 0.176. The molecule has 0 aliphatic heterocycles. The molecule has 0 amide bonds. The van der Waals surface area contributed by atoms with Crippen molar-refractivity contribution < 1.29 is 9.90 Å². The van der Waals surface area contributed by atoms with Gasteiger partial charge in [-0.05, 0) is 6.07 Å². The van der Waals surface area contributed by atoms with Gasteiger partial charge in [0.15, 0.2) is 5.78 Å². The highest BCUT2D eigenvalue weighted by atomic mass is 16.3. The molecule has 112 valence electrons. The van der Waals surface area contributed by atoms with Gasteiger partial charge in [-0.25, -0.2) is 0 Å². The van der Waals surface area contributed by atoms with E-state index in [2.05, 4.69) is 0 Å². The van der Waals surface area contributed by atoms with Crippen LogP contribution in [0.5, 0.6) is 0 Å². The lowest BCUT2D eigenvalue weighted by Crippen LogP contribution is -2.25. The second-order valence-electron chi connectivity index (χ2n) is 5.20. The van der Waals surface area contributed by atoms with E-state index in [0.29, 0.717) is 5.56 Å². The number of aryl methyl sites for hydroxylation is 1. The quantitative estimate of drug-likeness (QED) is 0.721. The molecule has 0 spiro atoms. The Hall–Kier alpha value is -2.66. The van der Waals surface area contributed by atoms with Crippen LogP contribution in [0.2, 0.25) is 0 Å². The van der Waals surface area contributed by atoms with Gasteiger partial charge in [-0.2, -0.15) is 0 Å². The van der Waals surface area contributed by atoms with Crippen LogP contribution in [0, 0.1) is 5.41 Å². The Kier molecular flexibility index (Phi) is 3.65. The molecule has 1 heterocycles. The van der Waals surface area contributed by atoms with E-state index in [1.54, 1.807) is 28.3 Å². The van der Waals surface area contributed by atoms with Crippen LogP contribution in [-0.4, -0.2) is 20.0 Å². The van der Waals surface area contributed by atoms with E-state index >= 15 is 0 Å². The molecule has 0 unspecified atom stereocenters. The fourth-order valence-electron chi connectivity index (χ4n) is 2.73. The number of aliphatic hydroxyl groups excluding tert-OH is 1. The molecule has 22 heavy (non-hydrogen) atoms. The molecule has 0 saturated carbocycles. The molecule has 0 fully saturated rings. The maximum atomic E-state index is 12.4. The molecule has 1 aromatic heterocycles. The Labute approximate surface area is 127 Å². The van der Waals surface area contributed by atoms with Crippen molar-refractivity contribution in [1.82, 2.24) is 9.13 Å². The number of aliphatic hydroxyl groups is 1. The smallest absolute Gasteiger partial charge is 0.203 e. The topological polar surface area (TPSA) is 71.0 Å². The number of fused-ring (bicyclic) bond motifs is 1. The van der Waals surface area contributed by atoms with Gasteiger partial charge in [0.2, 0.25) is 5.62 Å². The number of hydrogen-bond donors (Lipinski definition) is 2. The summed E-state index contributed by atoms with van der Waals surface area (Å²) in [4.78, 5) is 12.4. The van der Waals surface area contributed by atoms with E-state index in [1.807, 2.05) is 36.4 Å². The van der Waals surface area contributed by atoms with Crippen molar-refractivity contribution in [3.05, 3.63) is 65.3 Å². The first-order chi connectivity index (χ1) is 10.6. The lowest BCUT2D eigenvalue weighted by atomic mass is 10.1. The zero-order chi connectivity index (χ0) is 15.7. The van der Waals surface area contributed by atoms with Crippen LogP contribution in [-0.2, 0) is 20.2 Å². The third-order valence-electron chi connectivity index (χ3n) is 3.87. The minimum atomic E-state index is -0.0960. The number of carbonyl (C=O) groups excluding carboxylic acids is 1. The molecular weight excluding hydrogens is 278 g/mol. The van der Waals surface area contributed by atoms with Gasteiger partial charge in [0.25, 0.3) is 0 Å². The molecule has 0 bridgehead atoms. The SMILES string of the molecule is Cn1c(=N)n(CC(=O)c2ccccc2)c2cccc(CO)c21. The van der Waals surface area contributed by atoms with Crippen molar-refractivity contribution >= 4 is 16.8 Å². The number of benzene rings is 2. The highest BCUT2D eigenvalue weighted by Gasteiger charge is 2.14. The number of nitrogens with one attached hydrogen (secondary N) is 1. The van der Waals surface area contributed by atoms with Gasteiger partial charge in [0.1, 0.15) is 0 Å². The van der Waals surface area contributed by atoms with E-state index in [0.717, 1.165) is 16.6 Å². The van der Waals surface area contributed by atoms with E-state index in [9.17, 15) is 9.90 Å². The second kappa shape index (κ2) is 5.61. The zero-order valence-corrected chi connectivity index (χ0v) is 12.3. The van der Waals surface area contributed by atoms with E-state index in [1.165, 1.54) is 0 Å². The van der Waals surface area contributed by atoms with Gasteiger partial charge in [-0.3, -0.25) is 10.2 Å². The summed E-state index contributed by atoms with van der Waals surface area (Å²) < 4.78 is 3.36. The molecule has 5 heteroatoms. The normalized spacial score (nSPS) is 11.0. The second-order valence-corrected chi connectivity index (χ2v) is 5.20. The average molecular weight is 295 g/mol. The summed E-state index contributed by atoms with van der Waals surface area (Å²) in [6.07, 6.45) is 0. The minimum Gasteiger partial charge on any atom is -0.392 e. The van der Waals surface area contributed by atoms with Crippen molar-refractivity contribution in [2.24, 2.45) is 7.05 Å². The molecule has 0 aliphatic carbocycles. The molecular formula is C17H17N3O2. The highest BCUT2D eigenvalue weighted by Crippen LogP contribution is 2.18. The molecule has 0 radical (unpaired) electrons. The van der Waals surface area contributed by atoms with Gasteiger partial charge in [-0.1, -0.05) is 42.5 Å². The summed E-state index contributed by atoms with van der Waals surface area (Å²) in [5.41, 5.74) is 3.18. The van der Waals surface area contributed by atoms with Crippen molar-refractivity contribution in [2.45, 2.75) is 13.2 Å². The summed E-state index contributed by atoms with van der Waals surface area (Å²) in [6, 6.07) is 14.6.